The fourth-order valence-corrected chi connectivity index (χ4v) is 5.67. The number of aliphatic carboxylic acids is 1. The lowest BCUT2D eigenvalue weighted by Crippen LogP contribution is -2.43. The highest BCUT2D eigenvalue weighted by Gasteiger charge is 2.37. The molecule has 11 heteroatoms. The van der Waals surface area contributed by atoms with Gasteiger partial charge in [0.2, 0.25) is 11.8 Å². The first-order valence-corrected chi connectivity index (χ1v) is 14.8. The number of carboxylic acids is 1. The Morgan fingerprint density at radius 1 is 1.25 bits per heavy atom. The van der Waals surface area contributed by atoms with Gasteiger partial charge in [0.25, 0.3) is 0 Å². The summed E-state index contributed by atoms with van der Waals surface area (Å²) in [4.78, 5) is 18.5. The number of nitrogens with one attached hydrogen (secondary N) is 2. The number of ether oxygens (including phenoxy) is 2. The third-order valence-electron chi connectivity index (χ3n) is 7.77. The van der Waals surface area contributed by atoms with Gasteiger partial charge in [-0.25, -0.2) is 18.6 Å². The maximum absolute atomic E-state index is 13.6. The van der Waals surface area contributed by atoms with E-state index in [-0.39, 0.29) is 60.2 Å². The molecule has 0 unspecified atom stereocenters. The predicted octanol–water partition coefficient (Wildman–Crippen LogP) is 7.28. The maximum Gasteiger partial charge on any atom is 0.342 e. The largest absolute Gasteiger partial charge is 0.487 e. The molecule has 0 bridgehead atoms. The Kier molecular flexibility index (Phi) is 10.9. The van der Waals surface area contributed by atoms with Gasteiger partial charge in [-0.15, -0.1) is 0 Å². The first kappa shape index (κ1) is 32.9. The Balaban J connectivity index is 1.50. The van der Waals surface area contributed by atoms with Gasteiger partial charge in [-0.05, 0) is 55.0 Å². The number of anilines is 1. The third-order valence-corrected chi connectivity index (χ3v) is 7.94. The summed E-state index contributed by atoms with van der Waals surface area (Å²) < 4.78 is 38.9. The Labute approximate surface area is 261 Å². The van der Waals surface area contributed by atoms with Crippen molar-refractivity contribution >= 4 is 35.2 Å². The molecule has 0 radical (unpaired) electrons. The molecule has 2 heterocycles. The van der Waals surface area contributed by atoms with Crippen LogP contribution in [0.25, 0.3) is 5.57 Å². The summed E-state index contributed by atoms with van der Waals surface area (Å²) in [6.07, 6.45) is 4.07. The van der Waals surface area contributed by atoms with E-state index in [2.05, 4.69) is 40.5 Å². The Morgan fingerprint density at radius 2 is 2.00 bits per heavy atom. The standard InChI is InChI=1S/C33H37ClF2N4O4/c1-4-26(28-7-6-8-29(38-28)39-31(43-5-2)27(18-37)32(41)42)30(21(3)34)44-20-22-9-10-24-19-40(16-13-23(24)17-22)25-11-14-33(35,36)15-12-25/h4,6-10,17-18,25,37H,1,3,5,11-16,19-20H2,2H3,(H,38,39)(H,41,42)/b30-26-,31-27-,37-18?. The zero-order valence-corrected chi connectivity index (χ0v) is 25.4. The molecule has 1 aromatic heterocycles. The van der Waals surface area contributed by atoms with E-state index in [0.717, 1.165) is 25.1 Å². The highest BCUT2D eigenvalue weighted by molar-refractivity contribution is 6.32. The first-order valence-electron chi connectivity index (χ1n) is 14.5. The molecular weight excluding hydrogens is 590 g/mol. The number of aromatic nitrogens is 1. The van der Waals surface area contributed by atoms with Crippen LogP contribution in [0, 0.1) is 5.41 Å². The van der Waals surface area contributed by atoms with E-state index in [1.54, 1.807) is 31.2 Å². The highest BCUT2D eigenvalue weighted by atomic mass is 35.5. The van der Waals surface area contributed by atoms with Crippen LogP contribution in [0.1, 0.15) is 55.0 Å². The topological polar surface area (TPSA) is 108 Å². The zero-order chi connectivity index (χ0) is 31.9. The zero-order valence-electron chi connectivity index (χ0n) is 24.7. The molecule has 1 aliphatic heterocycles. The Bertz CT molecular complexity index is 1480. The number of fused-ring (bicyclic) bond motifs is 1. The van der Waals surface area contributed by atoms with Crippen molar-refractivity contribution in [3.8, 4) is 0 Å². The molecule has 3 N–H and O–H groups in total. The second-order valence-corrected chi connectivity index (χ2v) is 11.2. The van der Waals surface area contributed by atoms with Crippen molar-refractivity contribution in [1.82, 2.24) is 9.88 Å². The second-order valence-electron chi connectivity index (χ2n) is 10.7. The molecule has 0 atom stereocenters. The number of alkyl halides is 2. The van der Waals surface area contributed by atoms with Crippen LogP contribution in [0.4, 0.5) is 14.6 Å². The molecule has 2 aromatic rings. The van der Waals surface area contributed by atoms with Crippen LogP contribution in [0.15, 0.2) is 77.9 Å². The average molecular weight is 627 g/mol. The van der Waals surface area contributed by atoms with E-state index in [1.807, 2.05) is 6.07 Å². The smallest absolute Gasteiger partial charge is 0.342 e. The van der Waals surface area contributed by atoms with Gasteiger partial charge in [-0.3, -0.25) is 4.90 Å². The van der Waals surface area contributed by atoms with Gasteiger partial charge in [0.05, 0.1) is 17.3 Å². The number of allylic oxidation sites excluding steroid dienone is 3. The number of carboxylic acid groups (broad SMARTS) is 1. The summed E-state index contributed by atoms with van der Waals surface area (Å²) in [5.41, 5.74) is 3.92. The number of hydrogen-bond donors (Lipinski definition) is 3. The number of hydrogen-bond acceptors (Lipinski definition) is 7. The van der Waals surface area contributed by atoms with Crippen molar-refractivity contribution in [3.05, 3.63) is 100 Å². The van der Waals surface area contributed by atoms with Gasteiger partial charge in [-0.2, -0.15) is 0 Å². The SMILES string of the molecule is C=C/C(=C(/OCc1ccc2c(c1)CCN(C1CCC(F)(F)CC1)C2)C(=C)Cl)c1cccc(N/C(OCC)=C(\C=N)C(=O)O)n1. The van der Waals surface area contributed by atoms with E-state index < -0.39 is 11.9 Å². The lowest BCUT2D eigenvalue weighted by atomic mass is 9.89. The van der Waals surface area contributed by atoms with E-state index >= 15 is 0 Å². The van der Waals surface area contributed by atoms with Gasteiger partial charge >= 0.3 is 5.97 Å². The second kappa shape index (κ2) is 14.6. The van der Waals surface area contributed by atoms with Crippen molar-refractivity contribution in [1.29, 1.82) is 5.41 Å². The van der Waals surface area contributed by atoms with Crippen LogP contribution in [0.2, 0.25) is 0 Å². The quantitative estimate of drug-likeness (QED) is 0.0928. The molecule has 44 heavy (non-hydrogen) atoms. The molecule has 1 aliphatic carbocycles. The number of rotatable bonds is 13. The van der Waals surface area contributed by atoms with Gasteiger partial charge in [0.15, 0.2) is 0 Å². The van der Waals surface area contributed by atoms with Gasteiger partial charge in [0.1, 0.15) is 23.8 Å². The van der Waals surface area contributed by atoms with Crippen molar-refractivity contribution in [2.24, 2.45) is 0 Å². The summed E-state index contributed by atoms with van der Waals surface area (Å²) >= 11 is 6.38. The molecule has 0 saturated heterocycles. The minimum absolute atomic E-state index is 0.0379. The first-order chi connectivity index (χ1) is 21.0. The van der Waals surface area contributed by atoms with Gasteiger partial charge in [0, 0.05) is 43.8 Å². The molecule has 8 nitrogen and oxygen atoms in total. The number of carbonyl (C=O) groups is 1. The molecule has 2 aliphatic rings. The van der Waals surface area contributed by atoms with E-state index in [0.29, 0.717) is 30.3 Å². The fourth-order valence-electron chi connectivity index (χ4n) is 5.51. The van der Waals surface area contributed by atoms with E-state index in [9.17, 15) is 18.7 Å². The summed E-state index contributed by atoms with van der Waals surface area (Å²) in [6.45, 7) is 11.4. The molecule has 0 spiro atoms. The Hall–Kier alpha value is -4.02. The van der Waals surface area contributed by atoms with Gasteiger partial charge < -0.3 is 25.3 Å². The van der Waals surface area contributed by atoms with Crippen LogP contribution >= 0.6 is 11.6 Å². The van der Waals surface area contributed by atoms with Crippen molar-refractivity contribution < 1.29 is 28.2 Å². The molecular formula is C33H37ClF2N4O4. The van der Waals surface area contributed by atoms with Gasteiger partial charge in [-0.1, -0.05) is 55.1 Å². The number of benzene rings is 1. The van der Waals surface area contributed by atoms with Crippen molar-refractivity contribution in [2.75, 3.05) is 18.5 Å². The van der Waals surface area contributed by atoms with Crippen LogP contribution < -0.4 is 5.32 Å². The Morgan fingerprint density at radius 3 is 2.64 bits per heavy atom. The van der Waals surface area contributed by atoms with Crippen LogP contribution in [-0.2, 0) is 33.8 Å². The molecule has 4 rings (SSSR count). The van der Waals surface area contributed by atoms with Crippen molar-refractivity contribution in [3.63, 3.8) is 0 Å². The highest BCUT2D eigenvalue weighted by Crippen LogP contribution is 2.37. The van der Waals surface area contributed by atoms with Crippen molar-refractivity contribution in [2.45, 2.75) is 64.1 Å². The van der Waals surface area contributed by atoms with Crippen LogP contribution in [-0.4, -0.2) is 52.3 Å². The maximum atomic E-state index is 13.6. The summed E-state index contributed by atoms with van der Waals surface area (Å²) in [7, 11) is 0. The van der Waals surface area contributed by atoms with Crippen LogP contribution in [0.3, 0.4) is 0 Å². The average Bonchev–Trinajstić information content (AvgIpc) is 2.99. The monoisotopic (exact) mass is 626 g/mol. The minimum atomic E-state index is -2.53. The third kappa shape index (κ3) is 8.12. The molecule has 1 aromatic carbocycles. The summed E-state index contributed by atoms with van der Waals surface area (Å²) in [5.74, 6) is -3.40. The minimum Gasteiger partial charge on any atom is -0.487 e. The summed E-state index contributed by atoms with van der Waals surface area (Å²) in [5, 5.41) is 19.9. The number of nitrogens with zero attached hydrogens (tertiary/aromatic N) is 2. The normalized spacial score (nSPS) is 17.8. The lowest BCUT2D eigenvalue weighted by molar-refractivity contribution is -0.132. The lowest BCUT2D eigenvalue weighted by Gasteiger charge is -2.39. The summed E-state index contributed by atoms with van der Waals surface area (Å²) in [6, 6.07) is 11.4. The fraction of sp³-hybridized carbons (Fsp3) is 0.364. The van der Waals surface area contributed by atoms with E-state index in [4.69, 9.17) is 26.5 Å². The number of halogens is 3. The molecule has 1 fully saturated rings. The van der Waals surface area contributed by atoms with E-state index in [1.165, 1.54) is 11.1 Å². The van der Waals surface area contributed by atoms with Crippen LogP contribution in [0.5, 0.6) is 0 Å². The molecule has 0 amide bonds. The number of pyridine rings is 1. The molecule has 1 saturated carbocycles. The molecule has 234 valence electrons. The predicted molar refractivity (Wildman–Crippen MR) is 168 cm³/mol.